The number of likely N-dealkylation sites (tertiary alicyclic amines) is 2. The molecule has 2 aliphatic heterocycles. The molecule has 0 radical (unpaired) electrons. The maximum absolute atomic E-state index is 12.6. The van der Waals surface area contributed by atoms with Crippen molar-refractivity contribution >= 4 is 24.2 Å². The van der Waals surface area contributed by atoms with Gasteiger partial charge in [0.05, 0.1) is 5.92 Å². The number of hydrogen-bond donors (Lipinski definition) is 1. The van der Waals surface area contributed by atoms with E-state index in [9.17, 15) is 9.59 Å². The van der Waals surface area contributed by atoms with Gasteiger partial charge in [0.25, 0.3) is 0 Å². The van der Waals surface area contributed by atoms with Gasteiger partial charge in [0.15, 0.2) is 0 Å². The predicted octanol–water partition coefficient (Wildman–Crippen LogP) is 1.64. The molecule has 0 spiro atoms. The molecule has 0 aromatic carbocycles. The SMILES string of the molecule is CCC(C)C(=O)N1CCCC(C(=O)N2CCC(N)CC2)C1.Cl. The second-order valence-electron chi connectivity index (χ2n) is 6.60. The summed E-state index contributed by atoms with van der Waals surface area (Å²) in [5, 5.41) is 0. The van der Waals surface area contributed by atoms with Gasteiger partial charge in [-0.15, -0.1) is 12.4 Å². The highest BCUT2D eigenvalue weighted by molar-refractivity contribution is 5.85. The summed E-state index contributed by atoms with van der Waals surface area (Å²) < 4.78 is 0. The van der Waals surface area contributed by atoms with Crippen LogP contribution >= 0.6 is 12.4 Å². The normalized spacial score (nSPS) is 24.6. The lowest BCUT2D eigenvalue weighted by Crippen LogP contribution is -2.50. The summed E-state index contributed by atoms with van der Waals surface area (Å²) in [6, 6.07) is 0.240. The summed E-state index contributed by atoms with van der Waals surface area (Å²) in [6.07, 6.45) is 4.50. The highest BCUT2D eigenvalue weighted by Gasteiger charge is 2.33. The van der Waals surface area contributed by atoms with Crippen molar-refractivity contribution in [1.29, 1.82) is 0 Å². The Labute approximate surface area is 140 Å². The molecule has 5 nitrogen and oxygen atoms in total. The molecule has 2 N–H and O–H groups in total. The van der Waals surface area contributed by atoms with Gasteiger partial charge in [-0.25, -0.2) is 0 Å². The smallest absolute Gasteiger partial charge is 0.227 e. The number of nitrogens with zero attached hydrogens (tertiary/aromatic N) is 2. The Kier molecular flexibility index (Phi) is 7.63. The van der Waals surface area contributed by atoms with Crippen molar-refractivity contribution < 1.29 is 9.59 Å². The van der Waals surface area contributed by atoms with Crippen molar-refractivity contribution in [3.05, 3.63) is 0 Å². The lowest BCUT2D eigenvalue weighted by molar-refractivity contribution is -0.143. The second-order valence-corrected chi connectivity index (χ2v) is 6.60. The van der Waals surface area contributed by atoms with Crippen LogP contribution in [0.1, 0.15) is 46.0 Å². The van der Waals surface area contributed by atoms with E-state index >= 15 is 0 Å². The number of halogens is 1. The molecule has 2 fully saturated rings. The topological polar surface area (TPSA) is 66.6 Å². The first-order chi connectivity index (χ1) is 10.0. The summed E-state index contributed by atoms with van der Waals surface area (Å²) >= 11 is 0. The molecule has 0 saturated carbocycles. The van der Waals surface area contributed by atoms with E-state index in [0.29, 0.717) is 6.54 Å². The zero-order chi connectivity index (χ0) is 15.4. The summed E-state index contributed by atoms with van der Waals surface area (Å²) in [5.41, 5.74) is 5.90. The van der Waals surface area contributed by atoms with E-state index < -0.39 is 0 Å². The number of amides is 2. The van der Waals surface area contributed by atoms with Crippen LogP contribution in [0.2, 0.25) is 0 Å². The van der Waals surface area contributed by atoms with Gasteiger partial charge in [0.2, 0.25) is 11.8 Å². The summed E-state index contributed by atoms with van der Waals surface area (Å²) in [6.45, 7) is 6.96. The standard InChI is InChI=1S/C16H29N3O2.ClH/c1-3-12(2)15(20)19-8-4-5-13(11-19)16(21)18-9-6-14(17)7-10-18;/h12-14H,3-11,17H2,1-2H3;1H. The van der Waals surface area contributed by atoms with E-state index in [1.54, 1.807) is 0 Å². The summed E-state index contributed by atoms with van der Waals surface area (Å²) in [5.74, 6) is 0.479. The molecule has 0 bridgehead atoms. The van der Waals surface area contributed by atoms with Crippen LogP contribution in [0.15, 0.2) is 0 Å². The van der Waals surface area contributed by atoms with E-state index in [1.165, 1.54) is 0 Å². The van der Waals surface area contributed by atoms with Crippen LogP contribution in [0.3, 0.4) is 0 Å². The van der Waals surface area contributed by atoms with Gasteiger partial charge in [0, 0.05) is 38.1 Å². The molecule has 22 heavy (non-hydrogen) atoms. The van der Waals surface area contributed by atoms with Crippen LogP contribution in [-0.2, 0) is 9.59 Å². The molecule has 128 valence electrons. The predicted molar refractivity (Wildman–Crippen MR) is 89.8 cm³/mol. The molecule has 2 rings (SSSR count). The molecule has 2 heterocycles. The number of nitrogens with two attached hydrogens (primary N) is 1. The van der Waals surface area contributed by atoms with E-state index in [-0.39, 0.29) is 42.1 Å². The number of hydrogen-bond acceptors (Lipinski definition) is 3. The molecule has 2 atom stereocenters. The third-order valence-corrected chi connectivity index (χ3v) is 4.97. The molecule has 0 aromatic rings. The van der Waals surface area contributed by atoms with Gasteiger partial charge in [-0.1, -0.05) is 13.8 Å². The number of piperidine rings is 2. The average molecular weight is 332 g/mol. The molecule has 2 amide bonds. The Hall–Kier alpha value is -0.810. The number of carbonyl (C=O) groups is 2. The highest BCUT2D eigenvalue weighted by atomic mass is 35.5. The van der Waals surface area contributed by atoms with Crippen LogP contribution in [0, 0.1) is 11.8 Å². The van der Waals surface area contributed by atoms with Gasteiger partial charge < -0.3 is 15.5 Å². The zero-order valence-electron chi connectivity index (χ0n) is 13.8. The molecule has 2 unspecified atom stereocenters. The zero-order valence-corrected chi connectivity index (χ0v) is 14.6. The third kappa shape index (κ3) is 4.59. The van der Waals surface area contributed by atoms with Crippen molar-refractivity contribution in [3.8, 4) is 0 Å². The van der Waals surface area contributed by atoms with Crippen molar-refractivity contribution in [1.82, 2.24) is 9.80 Å². The Bertz CT molecular complexity index is 384. The van der Waals surface area contributed by atoms with E-state index in [2.05, 4.69) is 0 Å². The maximum atomic E-state index is 12.6. The third-order valence-electron chi connectivity index (χ3n) is 4.97. The van der Waals surface area contributed by atoms with Gasteiger partial charge in [-0.2, -0.15) is 0 Å². The van der Waals surface area contributed by atoms with Crippen molar-refractivity contribution in [2.75, 3.05) is 26.2 Å². The van der Waals surface area contributed by atoms with Crippen LogP contribution in [0.4, 0.5) is 0 Å². The highest BCUT2D eigenvalue weighted by Crippen LogP contribution is 2.22. The lowest BCUT2D eigenvalue weighted by Gasteiger charge is -2.38. The molecule has 2 aliphatic rings. The Morgan fingerprint density at radius 1 is 1.14 bits per heavy atom. The molecule has 0 aromatic heterocycles. The quantitative estimate of drug-likeness (QED) is 0.855. The first-order valence-electron chi connectivity index (χ1n) is 8.36. The van der Waals surface area contributed by atoms with Crippen molar-refractivity contribution in [2.45, 2.75) is 52.0 Å². The lowest BCUT2D eigenvalue weighted by atomic mass is 9.94. The van der Waals surface area contributed by atoms with Crippen LogP contribution in [0.5, 0.6) is 0 Å². The fourth-order valence-electron chi connectivity index (χ4n) is 3.24. The Morgan fingerprint density at radius 3 is 2.36 bits per heavy atom. The molecular formula is C16H30ClN3O2. The summed E-state index contributed by atoms with van der Waals surface area (Å²) in [7, 11) is 0. The maximum Gasteiger partial charge on any atom is 0.227 e. The Balaban J connectivity index is 0.00000242. The molecule has 6 heteroatoms. The van der Waals surface area contributed by atoms with Crippen molar-refractivity contribution in [3.63, 3.8) is 0 Å². The largest absolute Gasteiger partial charge is 0.342 e. The van der Waals surface area contributed by atoms with Crippen molar-refractivity contribution in [2.24, 2.45) is 17.6 Å². The van der Waals surface area contributed by atoms with Gasteiger partial charge >= 0.3 is 0 Å². The van der Waals surface area contributed by atoms with Gasteiger partial charge in [-0.3, -0.25) is 9.59 Å². The summed E-state index contributed by atoms with van der Waals surface area (Å²) in [4.78, 5) is 28.8. The van der Waals surface area contributed by atoms with E-state index in [0.717, 1.165) is 51.7 Å². The van der Waals surface area contributed by atoms with Gasteiger partial charge in [0.1, 0.15) is 0 Å². The van der Waals surface area contributed by atoms with Crippen LogP contribution < -0.4 is 5.73 Å². The molecule has 0 aliphatic carbocycles. The second kappa shape index (κ2) is 8.73. The van der Waals surface area contributed by atoms with E-state index in [4.69, 9.17) is 5.73 Å². The monoisotopic (exact) mass is 331 g/mol. The van der Waals surface area contributed by atoms with Crippen LogP contribution in [0.25, 0.3) is 0 Å². The number of carbonyl (C=O) groups excluding carboxylic acids is 2. The fourth-order valence-corrected chi connectivity index (χ4v) is 3.24. The minimum atomic E-state index is -0.0129. The average Bonchev–Trinajstić information content (AvgIpc) is 2.53. The fraction of sp³-hybridized carbons (Fsp3) is 0.875. The van der Waals surface area contributed by atoms with Gasteiger partial charge in [-0.05, 0) is 32.1 Å². The Morgan fingerprint density at radius 2 is 1.77 bits per heavy atom. The molecular weight excluding hydrogens is 302 g/mol. The minimum Gasteiger partial charge on any atom is -0.342 e. The first-order valence-corrected chi connectivity index (χ1v) is 8.36. The van der Waals surface area contributed by atoms with Crippen LogP contribution in [-0.4, -0.2) is 53.8 Å². The van der Waals surface area contributed by atoms with E-state index in [1.807, 2.05) is 23.6 Å². The number of rotatable bonds is 3. The first kappa shape index (κ1) is 19.2. The minimum absolute atomic E-state index is 0. The molecule has 2 saturated heterocycles.